The zero-order valence-electron chi connectivity index (χ0n) is 9.41. The molecule has 1 aromatic carbocycles. The van der Waals surface area contributed by atoms with Gasteiger partial charge in [0.05, 0.1) is 0 Å². The molecular weight excluding hydrogens is 182 g/mol. The lowest BCUT2D eigenvalue weighted by atomic mass is 9.82. The van der Waals surface area contributed by atoms with Crippen LogP contribution in [0.4, 0.5) is 5.69 Å². The fraction of sp³-hybridized carbons (Fsp3) is 0.571. The minimum Gasteiger partial charge on any atom is -0.385 e. The van der Waals surface area contributed by atoms with Gasteiger partial charge >= 0.3 is 0 Å². The summed E-state index contributed by atoms with van der Waals surface area (Å²) < 4.78 is 0. The number of hydrogen-bond acceptors (Lipinski definition) is 1. The molecule has 0 unspecified atom stereocenters. The number of hydrogen-bond donors (Lipinski definition) is 1. The molecule has 0 bridgehead atoms. The molecule has 0 amide bonds. The van der Waals surface area contributed by atoms with E-state index in [1.807, 2.05) is 0 Å². The second kappa shape index (κ2) is 5.79. The Bertz CT molecular complexity index is 264. The first-order chi connectivity index (χ1) is 7.45. The van der Waals surface area contributed by atoms with Crippen molar-refractivity contribution in [1.82, 2.24) is 0 Å². The molecule has 0 atom stereocenters. The summed E-state index contributed by atoms with van der Waals surface area (Å²) in [5, 5.41) is 3.45. The van der Waals surface area contributed by atoms with E-state index in [-0.39, 0.29) is 0 Å². The Morgan fingerprint density at radius 1 is 1.07 bits per heavy atom. The quantitative estimate of drug-likeness (QED) is 0.687. The fourth-order valence-corrected chi connectivity index (χ4v) is 2.13. The molecule has 1 aliphatic carbocycles. The van der Waals surface area contributed by atoms with Crippen molar-refractivity contribution >= 4 is 5.69 Å². The van der Waals surface area contributed by atoms with E-state index in [2.05, 4.69) is 35.6 Å². The van der Waals surface area contributed by atoms with Crippen LogP contribution < -0.4 is 5.32 Å². The Labute approximate surface area is 92.9 Å². The Morgan fingerprint density at radius 2 is 1.87 bits per heavy atom. The Hall–Kier alpha value is -0.980. The highest BCUT2D eigenvalue weighted by Gasteiger charge is 2.15. The molecule has 0 aromatic heterocycles. The standard InChI is InChI=1S/C14H21N/c1-2-10-14(11-3-1)15-12-5-4-7-13-8-6-9-13/h1-3,10-11,13,15H,4-9,12H2. The Balaban J connectivity index is 1.51. The van der Waals surface area contributed by atoms with Gasteiger partial charge in [-0.3, -0.25) is 0 Å². The lowest BCUT2D eigenvalue weighted by Gasteiger charge is -2.25. The van der Waals surface area contributed by atoms with E-state index in [0.717, 1.165) is 12.5 Å². The number of rotatable bonds is 6. The highest BCUT2D eigenvalue weighted by atomic mass is 14.9. The van der Waals surface area contributed by atoms with E-state index in [1.165, 1.54) is 44.2 Å². The van der Waals surface area contributed by atoms with Crippen LogP contribution in [0.25, 0.3) is 0 Å². The van der Waals surface area contributed by atoms with Crippen molar-refractivity contribution in [3.05, 3.63) is 30.3 Å². The molecular formula is C14H21N. The maximum Gasteiger partial charge on any atom is 0.0340 e. The van der Waals surface area contributed by atoms with Gasteiger partial charge in [0.15, 0.2) is 0 Å². The van der Waals surface area contributed by atoms with Crippen LogP contribution in [0, 0.1) is 5.92 Å². The molecule has 15 heavy (non-hydrogen) atoms. The molecule has 1 aromatic rings. The van der Waals surface area contributed by atoms with Crippen molar-refractivity contribution in [3.8, 4) is 0 Å². The van der Waals surface area contributed by atoms with Crippen molar-refractivity contribution < 1.29 is 0 Å². The van der Waals surface area contributed by atoms with Crippen LogP contribution in [0.15, 0.2) is 30.3 Å². The number of anilines is 1. The average molecular weight is 203 g/mol. The second-order valence-electron chi connectivity index (χ2n) is 4.59. The van der Waals surface area contributed by atoms with E-state index in [9.17, 15) is 0 Å². The zero-order chi connectivity index (χ0) is 10.3. The van der Waals surface area contributed by atoms with Gasteiger partial charge in [-0.15, -0.1) is 0 Å². The fourth-order valence-electron chi connectivity index (χ4n) is 2.13. The summed E-state index contributed by atoms with van der Waals surface area (Å²) in [4.78, 5) is 0. The lowest BCUT2D eigenvalue weighted by molar-refractivity contribution is 0.288. The minimum atomic E-state index is 1.07. The number of para-hydroxylation sites is 1. The van der Waals surface area contributed by atoms with Crippen molar-refractivity contribution in [3.63, 3.8) is 0 Å². The highest BCUT2D eigenvalue weighted by Crippen LogP contribution is 2.30. The van der Waals surface area contributed by atoms with Crippen molar-refractivity contribution in [1.29, 1.82) is 0 Å². The van der Waals surface area contributed by atoms with Crippen molar-refractivity contribution in [2.24, 2.45) is 5.92 Å². The third-order valence-electron chi connectivity index (χ3n) is 3.37. The van der Waals surface area contributed by atoms with Crippen LogP contribution >= 0.6 is 0 Å². The summed E-state index contributed by atoms with van der Waals surface area (Å²) in [7, 11) is 0. The molecule has 1 nitrogen and oxygen atoms in total. The van der Waals surface area contributed by atoms with Gasteiger partial charge in [-0.05, 0) is 24.5 Å². The Morgan fingerprint density at radius 3 is 2.53 bits per heavy atom. The maximum absolute atomic E-state index is 3.45. The monoisotopic (exact) mass is 203 g/mol. The first-order valence-electron chi connectivity index (χ1n) is 6.24. The molecule has 0 spiro atoms. The van der Waals surface area contributed by atoms with Crippen LogP contribution in [-0.4, -0.2) is 6.54 Å². The zero-order valence-corrected chi connectivity index (χ0v) is 9.41. The third kappa shape index (κ3) is 3.58. The molecule has 1 N–H and O–H groups in total. The van der Waals surface area contributed by atoms with Crippen molar-refractivity contribution in [2.75, 3.05) is 11.9 Å². The van der Waals surface area contributed by atoms with Gasteiger partial charge in [0, 0.05) is 12.2 Å². The summed E-state index contributed by atoms with van der Waals surface area (Å²) >= 11 is 0. The predicted molar refractivity (Wildman–Crippen MR) is 66.1 cm³/mol. The van der Waals surface area contributed by atoms with E-state index in [1.54, 1.807) is 0 Å². The second-order valence-corrected chi connectivity index (χ2v) is 4.59. The molecule has 0 saturated heterocycles. The molecule has 1 fully saturated rings. The highest BCUT2D eigenvalue weighted by molar-refractivity contribution is 5.42. The normalized spacial score (nSPS) is 16.0. The van der Waals surface area contributed by atoms with E-state index in [4.69, 9.17) is 0 Å². The van der Waals surface area contributed by atoms with Gasteiger partial charge < -0.3 is 5.32 Å². The van der Waals surface area contributed by atoms with Crippen LogP contribution in [0.5, 0.6) is 0 Å². The summed E-state index contributed by atoms with van der Waals surface area (Å²) in [5.41, 5.74) is 1.25. The topological polar surface area (TPSA) is 12.0 Å². The molecule has 1 heteroatoms. The predicted octanol–water partition coefficient (Wildman–Crippen LogP) is 4.07. The molecule has 82 valence electrons. The first-order valence-corrected chi connectivity index (χ1v) is 6.24. The van der Waals surface area contributed by atoms with Gasteiger partial charge in [0.25, 0.3) is 0 Å². The summed E-state index contributed by atoms with van der Waals surface area (Å²) in [6.45, 7) is 1.12. The van der Waals surface area contributed by atoms with Gasteiger partial charge in [-0.1, -0.05) is 50.3 Å². The summed E-state index contributed by atoms with van der Waals surface area (Å²) in [6.07, 6.45) is 8.62. The number of nitrogens with one attached hydrogen (secondary N) is 1. The maximum atomic E-state index is 3.45. The van der Waals surface area contributed by atoms with Gasteiger partial charge in [0.1, 0.15) is 0 Å². The first kappa shape index (κ1) is 10.5. The summed E-state index contributed by atoms with van der Waals surface area (Å²) in [6, 6.07) is 10.5. The van der Waals surface area contributed by atoms with E-state index >= 15 is 0 Å². The third-order valence-corrected chi connectivity index (χ3v) is 3.37. The minimum absolute atomic E-state index is 1.07. The van der Waals surface area contributed by atoms with Crippen molar-refractivity contribution in [2.45, 2.75) is 38.5 Å². The summed E-state index contributed by atoms with van der Waals surface area (Å²) in [5.74, 6) is 1.07. The average Bonchev–Trinajstić information content (AvgIpc) is 2.22. The molecule has 0 heterocycles. The van der Waals surface area contributed by atoms with Gasteiger partial charge in [-0.25, -0.2) is 0 Å². The molecule has 0 radical (unpaired) electrons. The van der Waals surface area contributed by atoms with E-state index in [0.29, 0.717) is 0 Å². The number of benzene rings is 1. The largest absolute Gasteiger partial charge is 0.385 e. The molecule has 1 saturated carbocycles. The van der Waals surface area contributed by atoms with Gasteiger partial charge in [0.2, 0.25) is 0 Å². The molecule has 2 rings (SSSR count). The molecule has 0 aliphatic heterocycles. The SMILES string of the molecule is c1ccc(NCCCCC2CCC2)cc1. The smallest absolute Gasteiger partial charge is 0.0340 e. The van der Waals surface area contributed by atoms with Crippen LogP contribution in [0.1, 0.15) is 38.5 Å². The molecule has 1 aliphatic rings. The van der Waals surface area contributed by atoms with Crippen LogP contribution in [-0.2, 0) is 0 Å². The number of unbranched alkanes of at least 4 members (excludes halogenated alkanes) is 1. The van der Waals surface area contributed by atoms with E-state index < -0.39 is 0 Å². The van der Waals surface area contributed by atoms with Gasteiger partial charge in [-0.2, -0.15) is 0 Å². The Kier molecular flexibility index (Phi) is 4.07. The lowest BCUT2D eigenvalue weighted by Crippen LogP contribution is -2.11. The van der Waals surface area contributed by atoms with Crippen LogP contribution in [0.3, 0.4) is 0 Å². The van der Waals surface area contributed by atoms with Crippen LogP contribution in [0.2, 0.25) is 0 Å².